The van der Waals surface area contributed by atoms with E-state index in [2.05, 4.69) is 4.98 Å². The zero-order chi connectivity index (χ0) is 19.1. The molecule has 0 aliphatic carbocycles. The van der Waals surface area contributed by atoms with Gasteiger partial charge in [0.2, 0.25) is 0 Å². The van der Waals surface area contributed by atoms with Crippen LogP contribution in [0.15, 0.2) is 60.7 Å². The maximum Gasteiger partial charge on any atom is 0.142 e. The molecular weight excluding hydrogens is 463 g/mol. The summed E-state index contributed by atoms with van der Waals surface area (Å²) in [5.41, 5.74) is 3.30. The summed E-state index contributed by atoms with van der Waals surface area (Å²) in [5.74, 6) is -0.562. The summed E-state index contributed by atoms with van der Waals surface area (Å²) in [4.78, 5) is 4.64. The molecule has 28 heavy (non-hydrogen) atoms. The first kappa shape index (κ1) is 21.2. The van der Waals surface area contributed by atoms with Crippen LogP contribution < -0.4 is 0 Å². The predicted molar refractivity (Wildman–Crippen MR) is 120 cm³/mol. The van der Waals surface area contributed by atoms with Gasteiger partial charge in [0.05, 0.1) is 21.3 Å². The van der Waals surface area contributed by atoms with Crippen molar-refractivity contribution in [1.29, 1.82) is 0 Å². The summed E-state index contributed by atoms with van der Waals surface area (Å²) in [6.45, 7) is 0. The van der Waals surface area contributed by atoms with Crippen molar-refractivity contribution in [2.45, 2.75) is 0 Å². The summed E-state index contributed by atoms with van der Waals surface area (Å²) in [7, 11) is 0. The molecule has 0 aliphatic heterocycles. The fourth-order valence-corrected chi connectivity index (χ4v) is 3.85. The number of rotatable bonds is 2. The van der Waals surface area contributed by atoms with Crippen LogP contribution in [0.25, 0.3) is 33.3 Å². The first-order valence-corrected chi connectivity index (χ1v) is 9.45. The van der Waals surface area contributed by atoms with E-state index in [1.165, 1.54) is 12.1 Å². The Balaban J connectivity index is 0.00000225. The van der Waals surface area contributed by atoms with Gasteiger partial charge in [0.25, 0.3) is 0 Å². The van der Waals surface area contributed by atoms with Crippen LogP contribution in [0.2, 0.25) is 20.1 Å². The molecule has 0 spiro atoms. The van der Waals surface area contributed by atoms with Gasteiger partial charge in [0.15, 0.2) is 0 Å². The van der Waals surface area contributed by atoms with Crippen LogP contribution in [0.3, 0.4) is 0 Å². The van der Waals surface area contributed by atoms with Gasteiger partial charge in [0.1, 0.15) is 5.82 Å². The summed E-state index contributed by atoms with van der Waals surface area (Å²) >= 11 is 24.7. The van der Waals surface area contributed by atoms with Crippen molar-refractivity contribution in [3.8, 4) is 22.4 Å². The van der Waals surface area contributed by atoms with Crippen LogP contribution in [0.5, 0.6) is 0 Å². The fraction of sp³-hybridized carbons (Fsp3) is 0. The van der Waals surface area contributed by atoms with E-state index < -0.39 is 5.82 Å². The van der Waals surface area contributed by atoms with Gasteiger partial charge in [-0.15, -0.1) is 12.4 Å². The average molecular weight is 474 g/mol. The van der Waals surface area contributed by atoms with Gasteiger partial charge in [-0.25, -0.2) is 9.37 Å². The Kier molecular flexibility index (Phi) is 6.38. The highest BCUT2D eigenvalue weighted by Gasteiger charge is 2.15. The Bertz CT molecular complexity index is 1190. The zero-order valence-electron chi connectivity index (χ0n) is 14.0. The van der Waals surface area contributed by atoms with Crippen molar-refractivity contribution >= 4 is 69.7 Å². The predicted octanol–water partition coefficient (Wildman–Crippen LogP) is 8.74. The SMILES string of the molecule is Cl.Fc1cc(-c2cc(-c3ccccc3Cl)c3cc(Cl)ccc3n2)c(Cl)cc1Cl. The highest BCUT2D eigenvalue weighted by molar-refractivity contribution is 6.36. The molecule has 4 rings (SSSR count). The Morgan fingerprint density at radius 2 is 1.43 bits per heavy atom. The largest absolute Gasteiger partial charge is 0.248 e. The molecule has 0 aliphatic rings. The number of pyridine rings is 1. The number of hydrogen-bond donors (Lipinski definition) is 0. The molecule has 4 aromatic rings. The van der Waals surface area contributed by atoms with E-state index in [1.807, 2.05) is 42.5 Å². The maximum absolute atomic E-state index is 14.0. The minimum atomic E-state index is -0.562. The number of fused-ring (bicyclic) bond motifs is 1. The van der Waals surface area contributed by atoms with Gasteiger partial charge in [-0.3, -0.25) is 0 Å². The van der Waals surface area contributed by atoms with E-state index in [0.717, 1.165) is 16.5 Å². The Labute approximate surface area is 187 Å². The minimum Gasteiger partial charge on any atom is -0.248 e. The smallest absolute Gasteiger partial charge is 0.142 e. The molecule has 3 aromatic carbocycles. The molecule has 1 aromatic heterocycles. The molecule has 142 valence electrons. The molecule has 7 heteroatoms. The summed E-state index contributed by atoms with van der Waals surface area (Å²) in [5, 5.41) is 2.28. The lowest BCUT2D eigenvalue weighted by molar-refractivity contribution is 0.628. The van der Waals surface area contributed by atoms with Crippen LogP contribution >= 0.6 is 58.8 Å². The maximum atomic E-state index is 14.0. The lowest BCUT2D eigenvalue weighted by Crippen LogP contribution is -1.92. The first-order valence-electron chi connectivity index (χ1n) is 7.94. The highest BCUT2D eigenvalue weighted by atomic mass is 35.5. The van der Waals surface area contributed by atoms with E-state index in [-0.39, 0.29) is 17.4 Å². The second-order valence-electron chi connectivity index (χ2n) is 5.94. The Hall–Kier alpha value is -1.55. The van der Waals surface area contributed by atoms with Crippen LogP contribution in [-0.2, 0) is 0 Å². The van der Waals surface area contributed by atoms with E-state index in [1.54, 1.807) is 6.07 Å². The second kappa shape index (κ2) is 8.44. The van der Waals surface area contributed by atoms with Crippen LogP contribution in [0.4, 0.5) is 4.39 Å². The Morgan fingerprint density at radius 1 is 0.679 bits per heavy atom. The summed E-state index contributed by atoms with van der Waals surface area (Å²) < 4.78 is 14.0. The third-order valence-corrected chi connectivity index (χ3v) is 5.39. The van der Waals surface area contributed by atoms with E-state index in [0.29, 0.717) is 31.8 Å². The van der Waals surface area contributed by atoms with E-state index >= 15 is 0 Å². The molecular formula is C21H11Cl5FN. The van der Waals surface area contributed by atoms with Crippen molar-refractivity contribution < 1.29 is 4.39 Å². The molecule has 0 N–H and O–H groups in total. The van der Waals surface area contributed by atoms with Gasteiger partial charge in [-0.2, -0.15) is 0 Å². The van der Waals surface area contributed by atoms with Gasteiger partial charge >= 0.3 is 0 Å². The molecule has 1 nitrogen and oxygen atoms in total. The number of benzene rings is 3. The second-order valence-corrected chi connectivity index (χ2v) is 7.60. The van der Waals surface area contributed by atoms with Crippen molar-refractivity contribution in [1.82, 2.24) is 4.98 Å². The summed E-state index contributed by atoms with van der Waals surface area (Å²) in [6.07, 6.45) is 0. The average Bonchev–Trinajstić information content (AvgIpc) is 2.64. The summed E-state index contributed by atoms with van der Waals surface area (Å²) in [6, 6.07) is 17.3. The van der Waals surface area contributed by atoms with Crippen molar-refractivity contribution in [3.63, 3.8) is 0 Å². The molecule has 0 radical (unpaired) electrons. The Morgan fingerprint density at radius 3 is 2.18 bits per heavy atom. The van der Waals surface area contributed by atoms with Gasteiger partial charge in [-0.05, 0) is 48.0 Å². The highest BCUT2D eigenvalue weighted by Crippen LogP contribution is 2.39. The molecule has 0 saturated carbocycles. The van der Waals surface area contributed by atoms with Crippen LogP contribution in [0, 0.1) is 5.82 Å². The third kappa shape index (κ3) is 3.94. The molecule has 0 bridgehead atoms. The monoisotopic (exact) mass is 471 g/mol. The van der Waals surface area contributed by atoms with Crippen molar-refractivity contribution in [2.75, 3.05) is 0 Å². The lowest BCUT2D eigenvalue weighted by Gasteiger charge is -2.13. The van der Waals surface area contributed by atoms with E-state index in [4.69, 9.17) is 46.4 Å². The molecule has 0 amide bonds. The lowest BCUT2D eigenvalue weighted by atomic mass is 9.98. The molecule has 0 saturated heterocycles. The van der Waals surface area contributed by atoms with Gasteiger partial charge in [0, 0.05) is 26.6 Å². The van der Waals surface area contributed by atoms with Crippen LogP contribution in [0.1, 0.15) is 0 Å². The van der Waals surface area contributed by atoms with Crippen molar-refractivity contribution in [3.05, 3.63) is 86.6 Å². The third-order valence-electron chi connectivity index (χ3n) is 4.22. The first-order chi connectivity index (χ1) is 12.9. The molecule has 0 fully saturated rings. The van der Waals surface area contributed by atoms with Crippen molar-refractivity contribution in [2.24, 2.45) is 0 Å². The zero-order valence-corrected chi connectivity index (χ0v) is 17.9. The number of halogens is 6. The fourth-order valence-electron chi connectivity index (χ4n) is 2.96. The molecule has 0 atom stereocenters. The normalized spacial score (nSPS) is 10.8. The quantitative estimate of drug-likeness (QED) is 0.265. The number of aromatic nitrogens is 1. The van der Waals surface area contributed by atoms with Gasteiger partial charge < -0.3 is 0 Å². The standard InChI is InChI=1S/C21H10Cl4FN.ClH/c22-11-5-6-20-14(7-11)13(12-3-1-2-4-16(12)23)9-21(27-20)15-8-19(26)18(25)10-17(15)24;/h1-10H;1H. The van der Waals surface area contributed by atoms with Gasteiger partial charge in [-0.1, -0.05) is 64.6 Å². The molecule has 1 heterocycles. The topological polar surface area (TPSA) is 12.9 Å². The molecule has 0 unspecified atom stereocenters. The number of nitrogens with zero attached hydrogens (tertiary/aromatic N) is 1. The number of hydrogen-bond acceptors (Lipinski definition) is 1. The van der Waals surface area contributed by atoms with Crippen LogP contribution in [-0.4, -0.2) is 4.98 Å². The van der Waals surface area contributed by atoms with E-state index in [9.17, 15) is 4.39 Å². The minimum absolute atomic E-state index is 0.